The molecule has 3 N–H and O–H groups in total. The van der Waals surface area contributed by atoms with E-state index in [1.165, 1.54) is 29.2 Å². The van der Waals surface area contributed by atoms with Gasteiger partial charge in [-0.1, -0.05) is 23.7 Å². The van der Waals surface area contributed by atoms with Crippen molar-refractivity contribution in [1.29, 1.82) is 0 Å². The van der Waals surface area contributed by atoms with Crippen molar-refractivity contribution in [2.24, 2.45) is 0 Å². The van der Waals surface area contributed by atoms with E-state index < -0.39 is 30.4 Å². The second-order valence-electron chi connectivity index (χ2n) is 6.37. The van der Waals surface area contributed by atoms with Crippen LogP contribution < -0.4 is 5.32 Å². The number of nitrogens with zero attached hydrogens (tertiary/aromatic N) is 3. The standard InChI is InChI=1S/C19H16ClF3N4O3/c20-14-5-15(16(29)9-28)24-6-13(14)18(30)26-17-8-27(10-25-17)7-11-2-1-3-12(4-11)19(21,22)23/h1-6,8,10,16,28-29H,7,9H2,(H,26,30). The number of rotatable bonds is 6. The Kier molecular flexibility index (Phi) is 6.40. The molecule has 2 heterocycles. The average molecular weight is 441 g/mol. The molecule has 2 aromatic heterocycles. The number of anilines is 1. The van der Waals surface area contributed by atoms with Crippen LogP contribution in [0.2, 0.25) is 5.02 Å². The first-order valence-corrected chi connectivity index (χ1v) is 8.99. The highest BCUT2D eigenvalue weighted by molar-refractivity contribution is 6.34. The number of carbonyl (C=O) groups excluding carboxylic acids is 1. The Hall–Kier alpha value is -2.95. The van der Waals surface area contributed by atoms with Crippen LogP contribution in [0.1, 0.15) is 33.3 Å². The highest BCUT2D eigenvalue weighted by Crippen LogP contribution is 2.29. The Balaban J connectivity index is 1.69. The number of aliphatic hydroxyl groups is 2. The van der Waals surface area contributed by atoms with Crippen molar-refractivity contribution in [1.82, 2.24) is 14.5 Å². The van der Waals surface area contributed by atoms with E-state index in [0.717, 1.165) is 18.3 Å². The number of hydrogen-bond donors (Lipinski definition) is 3. The summed E-state index contributed by atoms with van der Waals surface area (Å²) in [5.41, 5.74) is -0.182. The number of aromatic nitrogens is 3. The lowest BCUT2D eigenvalue weighted by molar-refractivity contribution is -0.137. The van der Waals surface area contributed by atoms with Gasteiger partial charge >= 0.3 is 6.18 Å². The summed E-state index contributed by atoms with van der Waals surface area (Å²) in [7, 11) is 0. The van der Waals surface area contributed by atoms with Gasteiger partial charge in [0.2, 0.25) is 0 Å². The van der Waals surface area contributed by atoms with Crippen LogP contribution in [-0.4, -0.2) is 37.3 Å². The molecule has 0 aliphatic rings. The molecular weight excluding hydrogens is 425 g/mol. The maximum Gasteiger partial charge on any atom is 0.416 e. The van der Waals surface area contributed by atoms with E-state index >= 15 is 0 Å². The molecule has 7 nitrogen and oxygen atoms in total. The zero-order chi connectivity index (χ0) is 21.9. The molecule has 1 amide bonds. The normalized spacial score (nSPS) is 12.6. The lowest BCUT2D eigenvalue weighted by atomic mass is 10.1. The fourth-order valence-corrected chi connectivity index (χ4v) is 2.89. The van der Waals surface area contributed by atoms with Crippen LogP contribution in [0.25, 0.3) is 0 Å². The third-order valence-electron chi connectivity index (χ3n) is 4.13. The third-order valence-corrected chi connectivity index (χ3v) is 4.44. The zero-order valence-electron chi connectivity index (χ0n) is 15.3. The van der Waals surface area contributed by atoms with Gasteiger partial charge in [-0.25, -0.2) is 4.98 Å². The van der Waals surface area contributed by atoms with Gasteiger partial charge < -0.3 is 20.1 Å². The van der Waals surface area contributed by atoms with Crippen LogP contribution in [-0.2, 0) is 12.7 Å². The van der Waals surface area contributed by atoms with Gasteiger partial charge in [-0.05, 0) is 23.8 Å². The largest absolute Gasteiger partial charge is 0.416 e. The van der Waals surface area contributed by atoms with Crippen LogP contribution in [0, 0.1) is 0 Å². The predicted octanol–water partition coefficient (Wildman–Crippen LogP) is 3.28. The van der Waals surface area contributed by atoms with Crippen LogP contribution in [0.4, 0.5) is 19.0 Å². The van der Waals surface area contributed by atoms with Crippen molar-refractivity contribution >= 4 is 23.3 Å². The summed E-state index contributed by atoms with van der Waals surface area (Å²) in [6.45, 7) is -0.416. The van der Waals surface area contributed by atoms with E-state index in [4.69, 9.17) is 16.7 Å². The molecular formula is C19H16ClF3N4O3. The van der Waals surface area contributed by atoms with E-state index in [2.05, 4.69) is 15.3 Å². The van der Waals surface area contributed by atoms with Crippen LogP contribution in [0.5, 0.6) is 0 Å². The minimum absolute atomic E-state index is 0.0217. The molecule has 0 fully saturated rings. The van der Waals surface area contributed by atoms with Gasteiger partial charge in [0.05, 0.1) is 34.8 Å². The number of halogens is 4. The monoisotopic (exact) mass is 440 g/mol. The van der Waals surface area contributed by atoms with Crippen LogP contribution >= 0.6 is 11.6 Å². The summed E-state index contributed by atoms with van der Waals surface area (Å²) in [6.07, 6.45) is -1.66. The fraction of sp³-hybridized carbons (Fsp3) is 0.211. The first-order chi connectivity index (χ1) is 14.2. The average Bonchev–Trinajstić information content (AvgIpc) is 3.13. The summed E-state index contributed by atoms with van der Waals surface area (Å²) in [4.78, 5) is 20.3. The van der Waals surface area contributed by atoms with E-state index in [-0.39, 0.29) is 28.6 Å². The number of pyridine rings is 1. The molecule has 0 saturated carbocycles. The quantitative estimate of drug-likeness (QED) is 0.546. The minimum atomic E-state index is -4.43. The van der Waals surface area contributed by atoms with E-state index in [1.807, 2.05) is 0 Å². The molecule has 3 rings (SSSR count). The molecule has 0 saturated heterocycles. The van der Waals surface area contributed by atoms with Crippen molar-refractivity contribution in [3.8, 4) is 0 Å². The summed E-state index contributed by atoms with van der Waals surface area (Å²) in [6, 6.07) is 6.19. The number of amides is 1. The van der Waals surface area contributed by atoms with Gasteiger partial charge in [0, 0.05) is 18.9 Å². The molecule has 0 aliphatic carbocycles. The van der Waals surface area contributed by atoms with Gasteiger partial charge in [-0.3, -0.25) is 9.78 Å². The van der Waals surface area contributed by atoms with Gasteiger partial charge in [0.1, 0.15) is 6.10 Å². The molecule has 3 aromatic rings. The number of nitrogens with one attached hydrogen (secondary N) is 1. The van der Waals surface area contributed by atoms with Crippen molar-refractivity contribution in [2.45, 2.75) is 18.8 Å². The molecule has 0 bridgehead atoms. The molecule has 30 heavy (non-hydrogen) atoms. The smallest absolute Gasteiger partial charge is 0.393 e. The topological polar surface area (TPSA) is 100 Å². The molecule has 1 unspecified atom stereocenters. The summed E-state index contributed by atoms with van der Waals surface area (Å²) in [5, 5.41) is 21.0. The second kappa shape index (κ2) is 8.82. The molecule has 0 spiro atoms. The van der Waals surface area contributed by atoms with Crippen molar-refractivity contribution in [3.63, 3.8) is 0 Å². The predicted molar refractivity (Wildman–Crippen MR) is 102 cm³/mol. The Morgan fingerprint density at radius 2 is 2.03 bits per heavy atom. The van der Waals surface area contributed by atoms with Crippen molar-refractivity contribution in [2.75, 3.05) is 11.9 Å². The highest BCUT2D eigenvalue weighted by Gasteiger charge is 2.30. The van der Waals surface area contributed by atoms with E-state index in [0.29, 0.717) is 5.56 Å². The molecule has 0 radical (unpaired) electrons. The summed E-state index contributed by atoms with van der Waals surface area (Å²) in [5.74, 6) is -0.440. The van der Waals surface area contributed by atoms with Crippen LogP contribution in [0.15, 0.2) is 49.1 Å². The molecule has 158 valence electrons. The number of alkyl halides is 3. The maximum absolute atomic E-state index is 12.8. The molecule has 0 aliphatic heterocycles. The third kappa shape index (κ3) is 5.15. The molecule has 1 atom stereocenters. The zero-order valence-corrected chi connectivity index (χ0v) is 16.0. The maximum atomic E-state index is 12.8. The first kappa shape index (κ1) is 21.8. The Morgan fingerprint density at radius 1 is 1.27 bits per heavy atom. The molecule has 1 aromatic carbocycles. The van der Waals surface area contributed by atoms with Gasteiger partial charge in [-0.2, -0.15) is 13.2 Å². The second-order valence-corrected chi connectivity index (χ2v) is 6.78. The number of benzene rings is 1. The number of imidazole rings is 1. The van der Waals surface area contributed by atoms with E-state index in [9.17, 15) is 23.1 Å². The van der Waals surface area contributed by atoms with Crippen molar-refractivity contribution in [3.05, 3.63) is 76.5 Å². The van der Waals surface area contributed by atoms with Gasteiger partial charge in [0.25, 0.3) is 5.91 Å². The van der Waals surface area contributed by atoms with Crippen LogP contribution in [0.3, 0.4) is 0 Å². The minimum Gasteiger partial charge on any atom is -0.393 e. The molecule has 11 heteroatoms. The van der Waals surface area contributed by atoms with Gasteiger partial charge in [-0.15, -0.1) is 0 Å². The Labute approximate surface area is 173 Å². The number of carbonyl (C=O) groups is 1. The summed E-state index contributed by atoms with van der Waals surface area (Å²) < 4.78 is 40.0. The summed E-state index contributed by atoms with van der Waals surface area (Å²) >= 11 is 6.04. The van der Waals surface area contributed by atoms with Crippen molar-refractivity contribution < 1.29 is 28.2 Å². The van der Waals surface area contributed by atoms with E-state index in [1.54, 1.807) is 6.07 Å². The number of hydrogen-bond acceptors (Lipinski definition) is 5. The number of aliphatic hydroxyl groups excluding tert-OH is 2. The Bertz CT molecular complexity index is 1060. The lowest BCUT2D eigenvalue weighted by Gasteiger charge is -2.09. The fourth-order valence-electron chi connectivity index (χ4n) is 2.64. The van der Waals surface area contributed by atoms with Gasteiger partial charge in [0.15, 0.2) is 5.82 Å². The lowest BCUT2D eigenvalue weighted by Crippen LogP contribution is -2.14. The first-order valence-electron chi connectivity index (χ1n) is 8.61. The highest BCUT2D eigenvalue weighted by atomic mass is 35.5. The Morgan fingerprint density at radius 3 is 2.70 bits per heavy atom. The SMILES string of the molecule is O=C(Nc1cn(Cc2cccc(C(F)(F)F)c2)cn1)c1cnc(C(O)CO)cc1Cl.